The van der Waals surface area contributed by atoms with Crippen LogP contribution in [0.15, 0.2) is 23.1 Å². The number of nitrogens with zero attached hydrogens (tertiary/aromatic N) is 1. The van der Waals surface area contributed by atoms with Crippen molar-refractivity contribution in [3.63, 3.8) is 0 Å². The topological polar surface area (TPSA) is 72.6 Å². The number of nitrogens with two attached hydrogens (primary N) is 1. The molecule has 2 N–H and O–H groups in total. The van der Waals surface area contributed by atoms with Crippen LogP contribution in [0.3, 0.4) is 0 Å². The second-order valence-electron chi connectivity index (χ2n) is 5.10. The van der Waals surface area contributed by atoms with Crippen LogP contribution in [0, 0.1) is 0 Å². The van der Waals surface area contributed by atoms with Gasteiger partial charge in [0, 0.05) is 18.3 Å². The highest BCUT2D eigenvalue weighted by Crippen LogP contribution is 2.32. The quantitative estimate of drug-likeness (QED) is 0.865. The maximum atomic E-state index is 12.8. The number of benzene rings is 1. The van der Waals surface area contributed by atoms with E-state index in [-0.39, 0.29) is 10.9 Å². The average molecular weight is 298 g/mol. The van der Waals surface area contributed by atoms with Crippen LogP contribution in [0.25, 0.3) is 0 Å². The summed E-state index contributed by atoms with van der Waals surface area (Å²) in [6, 6.07) is 4.79. The zero-order valence-electron chi connectivity index (χ0n) is 12.0. The van der Waals surface area contributed by atoms with Gasteiger partial charge in [-0.3, -0.25) is 0 Å². The molecule has 0 aromatic heterocycles. The Labute approximate surface area is 120 Å². The molecule has 0 radical (unpaired) electrons. The highest BCUT2D eigenvalue weighted by molar-refractivity contribution is 7.89. The van der Waals surface area contributed by atoms with E-state index in [2.05, 4.69) is 0 Å². The molecule has 1 aliphatic rings. The zero-order valence-corrected chi connectivity index (χ0v) is 12.8. The Balaban J connectivity index is 2.44. The Morgan fingerprint density at radius 1 is 1.40 bits per heavy atom. The van der Waals surface area contributed by atoms with Crippen molar-refractivity contribution in [2.24, 2.45) is 0 Å². The number of sulfonamides is 1. The molecule has 0 bridgehead atoms. The molecule has 0 saturated carbocycles. The van der Waals surface area contributed by atoms with Gasteiger partial charge in [0.1, 0.15) is 10.6 Å². The van der Waals surface area contributed by atoms with Gasteiger partial charge in [-0.05, 0) is 44.9 Å². The molecule has 1 aliphatic heterocycles. The summed E-state index contributed by atoms with van der Waals surface area (Å²) >= 11 is 0. The summed E-state index contributed by atoms with van der Waals surface area (Å²) in [5.74, 6) is 0.375. The van der Waals surface area contributed by atoms with Gasteiger partial charge in [-0.15, -0.1) is 0 Å². The van der Waals surface area contributed by atoms with E-state index in [9.17, 15) is 8.42 Å². The number of piperidine rings is 1. The summed E-state index contributed by atoms with van der Waals surface area (Å²) in [5, 5.41) is 0. The van der Waals surface area contributed by atoms with E-state index < -0.39 is 10.0 Å². The molecule has 20 heavy (non-hydrogen) atoms. The molecule has 6 heteroatoms. The fourth-order valence-electron chi connectivity index (χ4n) is 2.56. The molecule has 1 aromatic rings. The smallest absolute Gasteiger partial charge is 0.247 e. The maximum absolute atomic E-state index is 12.8. The van der Waals surface area contributed by atoms with Gasteiger partial charge in [0.05, 0.1) is 6.61 Å². The predicted molar refractivity (Wildman–Crippen MR) is 79.2 cm³/mol. The number of hydrogen-bond acceptors (Lipinski definition) is 4. The Hall–Kier alpha value is -1.27. The molecule has 1 saturated heterocycles. The van der Waals surface area contributed by atoms with Gasteiger partial charge in [0.15, 0.2) is 0 Å². The van der Waals surface area contributed by atoms with Gasteiger partial charge in [-0.2, -0.15) is 4.31 Å². The lowest BCUT2D eigenvalue weighted by atomic mass is 10.1. The van der Waals surface area contributed by atoms with Gasteiger partial charge >= 0.3 is 0 Å². The summed E-state index contributed by atoms with van der Waals surface area (Å²) in [6.07, 6.45) is 2.86. The molecule has 0 amide bonds. The van der Waals surface area contributed by atoms with E-state index in [1.165, 1.54) is 6.07 Å². The SMILES string of the molecule is CCOc1ccc(N)cc1S(=O)(=O)N1CCCCC1C. The van der Waals surface area contributed by atoms with Crippen molar-refractivity contribution < 1.29 is 13.2 Å². The normalized spacial score (nSPS) is 20.8. The number of ether oxygens (including phenoxy) is 1. The van der Waals surface area contributed by atoms with Gasteiger partial charge in [0.2, 0.25) is 10.0 Å². The highest BCUT2D eigenvalue weighted by Gasteiger charge is 2.33. The van der Waals surface area contributed by atoms with Crippen molar-refractivity contribution in [1.82, 2.24) is 4.31 Å². The van der Waals surface area contributed by atoms with Crippen LogP contribution >= 0.6 is 0 Å². The molecule has 0 spiro atoms. The number of nitrogen functional groups attached to an aromatic ring is 1. The van der Waals surface area contributed by atoms with E-state index >= 15 is 0 Å². The van der Waals surface area contributed by atoms with E-state index in [0.717, 1.165) is 19.3 Å². The summed E-state index contributed by atoms with van der Waals surface area (Å²) in [4.78, 5) is 0.174. The Bertz CT molecular complexity index is 572. The third-order valence-electron chi connectivity index (χ3n) is 3.60. The van der Waals surface area contributed by atoms with Gasteiger partial charge in [-0.25, -0.2) is 8.42 Å². The summed E-state index contributed by atoms with van der Waals surface area (Å²) in [6.45, 7) is 4.76. The number of hydrogen-bond donors (Lipinski definition) is 1. The molecule has 5 nitrogen and oxygen atoms in total. The summed E-state index contributed by atoms with van der Waals surface area (Å²) < 4.78 is 32.7. The van der Waals surface area contributed by atoms with Gasteiger partial charge < -0.3 is 10.5 Å². The zero-order chi connectivity index (χ0) is 14.8. The molecule has 1 unspecified atom stereocenters. The monoisotopic (exact) mass is 298 g/mol. The minimum Gasteiger partial charge on any atom is -0.492 e. The first kappa shape index (κ1) is 15.1. The third-order valence-corrected chi connectivity index (χ3v) is 5.63. The van der Waals surface area contributed by atoms with Gasteiger partial charge in [-0.1, -0.05) is 6.42 Å². The van der Waals surface area contributed by atoms with Crippen LogP contribution in [-0.4, -0.2) is 31.9 Å². The largest absolute Gasteiger partial charge is 0.492 e. The second kappa shape index (κ2) is 6.01. The minimum absolute atomic E-state index is 0.0182. The second-order valence-corrected chi connectivity index (χ2v) is 6.96. The minimum atomic E-state index is -3.56. The summed E-state index contributed by atoms with van der Waals surface area (Å²) in [5.41, 5.74) is 6.17. The average Bonchev–Trinajstić information content (AvgIpc) is 2.41. The van der Waals surface area contributed by atoms with Gasteiger partial charge in [0.25, 0.3) is 0 Å². The lowest BCUT2D eigenvalue weighted by Gasteiger charge is -2.32. The van der Waals surface area contributed by atoms with E-state index in [1.807, 2.05) is 13.8 Å². The highest BCUT2D eigenvalue weighted by atomic mass is 32.2. The number of rotatable bonds is 4. The first-order chi connectivity index (χ1) is 9.46. The molecule has 1 aromatic carbocycles. The van der Waals surface area contributed by atoms with E-state index in [4.69, 9.17) is 10.5 Å². The van der Waals surface area contributed by atoms with Crippen molar-refractivity contribution in [3.05, 3.63) is 18.2 Å². The Morgan fingerprint density at radius 3 is 2.80 bits per heavy atom. The lowest BCUT2D eigenvalue weighted by Crippen LogP contribution is -2.42. The first-order valence-corrected chi connectivity index (χ1v) is 8.45. The lowest BCUT2D eigenvalue weighted by molar-refractivity contribution is 0.266. The van der Waals surface area contributed by atoms with E-state index in [1.54, 1.807) is 16.4 Å². The van der Waals surface area contributed by atoms with Crippen molar-refractivity contribution in [2.75, 3.05) is 18.9 Å². The molecule has 0 aliphatic carbocycles. The fourth-order valence-corrected chi connectivity index (χ4v) is 4.42. The molecular formula is C14H22N2O3S. The molecule has 112 valence electrons. The molecule has 1 fully saturated rings. The molecule has 1 heterocycles. The standard InChI is InChI=1S/C14H22N2O3S/c1-3-19-13-8-7-12(15)10-14(13)20(17,18)16-9-5-4-6-11(16)2/h7-8,10-11H,3-6,9,15H2,1-2H3. The first-order valence-electron chi connectivity index (χ1n) is 7.01. The third kappa shape index (κ3) is 2.91. The maximum Gasteiger partial charge on any atom is 0.247 e. The summed E-state index contributed by atoms with van der Waals surface area (Å²) in [7, 11) is -3.56. The fraction of sp³-hybridized carbons (Fsp3) is 0.571. The van der Waals surface area contributed by atoms with Crippen LogP contribution < -0.4 is 10.5 Å². The van der Waals surface area contributed by atoms with Crippen molar-refractivity contribution in [1.29, 1.82) is 0 Å². The van der Waals surface area contributed by atoms with Crippen molar-refractivity contribution in [2.45, 2.75) is 44.0 Å². The molecule has 2 rings (SSSR count). The van der Waals surface area contributed by atoms with Crippen LogP contribution in [0.4, 0.5) is 5.69 Å². The van der Waals surface area contributed by atoms with Crippen LogP contribution in [0.2, 0.25) is 0 Å². The predicted octanol–water partition coefficient (Wildman–Crippen LogP) is 2.23. The molecular weight excluding hydrogens is 276 g/mol. The van der Waals surface area contributed by atoms with Crippen LogP contribution in [0.5, 0.6) is 5.75 Å². The Kier molecular flexibility index (Phi) is 4.55. The van der Waals surface area contributed by atoms with Crippen molar-refractivity contribution in [3.8, 4) is 5.75 Å². The number of anilines is 1. The Morgan fingerprint density at radius 2 is 2.15 bits per heavy atom. The van der Waals surface area contributed by atoms with Crippen LogP contribution in [0.1, 0.15) is 33.1 Å². The van der Waals surface area contributed by atoms with E-state index in [0.29, 0.717) is 24.6 Å². The van der Waals surface area contributed by atoms with Crippen LogP contribution in [-0.2, 0) is 10.0 Å². The van der Waals surface area contributed by atoms with Crippen molar-refractivity contribution >= 4 is 15.7 Å². The molecule has 1 atom stereocenters.